The van der Waals surface area contributed by atoms with Crippen molar-refractivity contribution in [1.29, 1.82) is 0 Å². The second-order valence-corrected chi connectivity index (χ2v) is 17.0. The third-order valence-corrected chi connectivity index (χ3v) is 7.03. The minimum Gasteiger partial charge on any atom is -0.465 e. The summed E-state index contributed by atoms with van der Waals surface area (Å²) >= 11 is 1.37. The van der Waals surface area contributed by atoms with E-state index >= 15 is 0 Å². The van der Waals surface area contributed by atoms with Crippen LogP contribution in [-0.4, -0.2) is 85.8 Å². The van der Waals surface area contributed by atoms with Crippen LogP contribution < -0.4 is 0 Å². The van der Waals surface area contributed by atoms with Crippen molar-refractivity contribution >= 4 is 40.0 Å². The summed E-state index contributed by atoms with van der Waals surface area (Å²) in [6.07, 6.45) is -1.92. The highest BCUT2D eigenvalue weighted by atomic mass is 32.1. The molecule has 12 heteroatoms. The van der Waals surface area contributed by atoms with Gasteiger partial charge in [0, 0.05) is 0 Å². The number of ether oxygens (including phenoxy) is 3. The van der Waals surface area contributed by atoms with Gasteiger partial charge in [-0.1, -0.05) is 74.4 Å². The molecule has 1 aromatic heterocycles. The van der Waals surface area contributed by atoms with E-state index in [9.17, 15) is 24.6 Å². The number of aromatic nitrogens is 1. The number of rotatable bonds is 3. The number of fused-ring (bicyclic) bond motifs is 1. The zero-order chi connectivity index (χ0) is 38.5. The Hall–Kier alpha value is -2.80. The zero-order valence-corrected chi connectivity index (χ0v) is 33.7. The Kier molecular flexibility index (Phi) is 19.0. The number of amides is 2. The van der Waals surface area contributed by atoms with Gasteiger partial charge in [0.15, 0.2) is 0 Å². The van der Waals surface area contributed by atoms with Crippen LogP contribution in [0.2, 0.25) is 0 Å². The van der Waals surface area contributed by atoms with Crippen molar-refractivity contribution in [3.63, 3.8) is 0 Å². The summed E-state index contributed by atoms with van der Waals surface area (Å²) in [7, 11) is 0. The van der Waals surface area contributed by atoms with Crippen LogP contribution >= 0.6 is 11.3 Å². The van der Waals surface area contributed by atoms with Gasteiger partial charge in [-0.25, -0.2) is 14.6 Å². The van der Waals surface area contributed by atoms with Gasteiger partial charge in [0.25, 0.3) is 0 Å². The van der Waals surface area contributed by atoms with Gasteiger partial charge in [-0.15, -0.1) is 11.3 Å². The summed E-state index contributed by atoms with van der Waals surface area (Å²) < 4.78 is 17.1. The quantitative estimate of drug-likeness (QED) is 0.299. The van der Waals surface area contributed by atoms with E-state index in [2.05, 4.69) is 67.3 Å². The average Bonchev–Trinajstić information content (AvgIpc) is 3.58. The number of aldehydes is 1. The van der Waals surface area contributed by atoms with E-state index in [0.29, 0.717) is 11.3 Å². The molecule has 0 saturated carbocycles. The van der Waals surface area contributed by atoms with Crippen molar-refractivity contribution in [2.45, 2.75) is 146 Å². The lowest BCUT2D eigenvalue weighted by atomic mass is 10.1. The maximum Gasteiger partial charge on any atom is 0.413 e. The maximum atomic E-state index is 11.9. The number of carboxylic acid groups (broad SMARTS) is 1. The number of benzene rings is 1. The largest absolute Gasteiger partial charge is 0.465 e. The Morgan fingerprint density at radius 2 is 1.35 bits per heavy atom. The van der Waals surface area contributed by atoms with Gasteiger partial charge in [-0.05, 0) is 78.4 Å². The number of carbonyl (C=O) groups is 3. The van der Waals surface area contributed by atoms with E-state index in [4.69, 9.17) is 14.2 Å². The highest BCUT2D eigenvalue weighted by molar-refractivity contribution is 7.18. The number of hydrogen-bond acceptors (Lipinski definition) is 9. The highest BCUT2D eigenvalue weighted by Gasteiger charge is 2.48. The number of thiazole rings is 1. The Morgan fingerprint density at radius 1 is 0.898 bits per heavy atom. The molecule has 2 N–H and O–H groups in total. The number of hydrogen-bond donors (Lipinski definition) is 2. The summed E-state index contributed by atoms with van der Waals surface area (Å²) in [4.78, 5) is 41.1. The van der Waals surface area contributed by atoms with Crippen molar-refractivity contribution in [2.75, 3.05) is 13.2 Å². The molecule has 2 aliphatic heterocycles. The predicted molar refractivity (Wildman–Crippen MR) is 198 cm³/mol. The molecule has 11 nitrogen and oxygen atoms in total. The molecule has 1 aromatic carbocycles. The molecular formula is C37H65N3O8S. The SMILES string of the molecule is CC(C)(C)OC(=O)N1[C@H](C=O)COC1(C)C.CC(C)C.CC(C)C.CC(C)C.CC1(C)OC[C@@H]([C@H](O)c2nc3ccccc3s2)N1C(=O)O. The summed E-state index contributed by atoms with van der Waals surface area (Å²) in [6, 6.07) is 6.35. The van der Waals surface area contributed by atoms with Crippen LogP contribution in [0.1, 0.15) is 122 Å². The molecule has 0 unspecified atom stereocenters. The molecule has 0 aliphatic carbocycles. The van der Waals surface area contributed by atoms with E-state index < -0.39 is 47.4 Å². The number of aliphatic hydroxyl groups is 1. The molecule has 2 aliphatic rings. The monoisotopic (exact) mass is 711 g/mol. The first-order valence-electron chi connectivity index (χ1n) is 17.1. The van der Waals surface area contributed by atoms with Crippen molar-refractivity contribution in [2.24, 2.45) is 17.8 Å². The number of nitrogens with zero attached hydrogens (tertiary/aromatic N) is 3. The molecule has 3 heterocycles. The second kappa shape index (κ2) is 20.1. The molecule has 0 bridgehead atoms. The Morgan fingerprint density at radius 3 is 1.78 bits per heavy atom. The van der Waals surface area contributed by atoms with Gasteiger partial charge in [0.1, 0.15) is 40.5 Å². The fourth-order valence-electron chi connectivity index (χ4n) is 4.22. The standard InChI is InChI=1S/C14H16N2O4S.C11H19NO4.3C4H10/c1-14(2)16(13(18)19)9(7-20-14)11(17)12-15-8-5-3-4-6-10(8)21-12;1-10(2,3)16-9(14)12-8(6-13)7-15-11(12,4)5;3*1-4(2)3/h3-6,9,11,17H,7H2,1-2H3,(H,18,19);6,8H,7H2,1-5H3;3*4H,1-3H3/t9-,11-;8-;;;/m01.../s1. The van der Waals surface area contributed by atoms with Crippen LogP contribution in [0, 0.1) is 17.8 Å². The van der Waals surface area contributed by atoms with Gasteiger partial charge in [0.2, 0.25) is 0 Å². The third-order valence-electron chi connectivity index (χ3n) is 5.92. The van der Waals surface area contributed by atoms with Gasteiger partial charge in [0.05, 0.1) is 29.5 Å². The molecule has 2 saturated heterocycles. The van der Waals surface area contributed by atoms with E-state index in [1.165, 1.54) is 16.2 Å². The first-order valence-corrected chi connectivity index (χ1v) is 17.9. The van der Waals surface area contributed by atoms with Crippen molar-refractivity contribution in [3.8, 4) is 0 Å². The predicted octanol–water partition coefficient (Wildman–Crippen LogP) is 8.99. The lowest BCUT2D eigenvalue weighted by Crippen LogP contribution is -2.50. The molecule has 0 radical (unpaired) electrons. The summed E-state index contributed by atoms with van der Waals surface area (Å²) in [6.45, 7) is 32.0. The van der Waals surface area contributed by atoms with Gasteiger partial charge in [-0.2, -0.15) is 0 Å². The lowest BCUT2D eigenvalue weighted by molar-refractivity contribution is -0.113. The minimum absolute atomic E-state index is 0.149. The molecule has 4 rings (SSSR count). The van der Waals surface area contributed by atoms with Crippen LogP contribution in [0.4, 0.5) is 9.59 Å². The Labute approximate surface area is 299 Å². The molecular weight excluding hydrogens is 646 g/mol. The molecule has 2 fully saturated rings. The fourth-order valence-corrected chi connectivity index (χ4v) is 5.23. The Bertz CT molecular complexity index is 1230. The fraction of sp³-hybridized carbons (Fsp3) is 0.730. The van der Waals surface area contributed by atoms with E-state index in [1.807, 2.05) is 24.3 Å². The van der Waals surface area contributed by atoms with Crippen molar-refractivity contribution in [1.82, 2.24) is 14.8 Å². The van der Waals surface area contributed by atoms with Crippen LogP contribution in [0.15, 0.2) is 24.3 Å². The normalized spacial score (nSPS) is 19.8. The molecule has 0 spiro atoms. The lowest BCUT2D eigenvalue weighted by Gasteiger charge is -2.33. The minimum atomic E-state index is -1.11. The van der Waals surface area contributed by atoms with Crippen LogP contribution in [0.5, 0.6) is 0 Å². The smallest absolute Gasteiger partial charge is 0.413 e. The van der Waals surface area contributed by atoms with E-state index in [0.717, 1.165) is 32.9 Å². The van der Waals surface area contributed by atoms with Crippen molar-refractivity contribution in [3.05, 3.63) is 29.3 Å². The molecule has 3 atom stereocenters. The molecule has 282 valence electrons. The van der Waals surface area contributed by atoms with Crippen LogP contribution in [-0.2, 0) is 19.0 Å². The van der Waals surface area contributed by atoms with E-state index in [-0.39, 0.29) is 13.2 Å². The highest BCUT2D eigenvalue weighted by Crippen LogP contribution is 2.36. The van der Waals surface area contributed by atoms with Gasteiger partial charge >= 0.3 is 12.2 Å². The number of aliphatic hydroxyl groups excluding tert-OH is 1. The number of carbonyl (C=O) groups excluding carboxylic acids is 2. The van der Waals surface area contributed by atoms with Crippen LogP contribution in [0.25, 0.3) is 10.2 Å². The topological polar surface area (TPSA) is 139 Å². The van der Waals surface area contributed by atoms with Gasteiger partial charge in [-0.3, -0.25) is 9.80 Å². The summed E-state index contributed by atoms with van der Waals surface area (Å²) in [5.74, 6) is 2.50. The first-order chi connectivity index (χ1) is 22.3. The van der Waals surface area contributed by atoms with E-state index in [1.54, 1.807) is 48.5 Å². The zero-order valence-electron chi connectivity index (χ0n) is 32.9. The number of para-hydroxylation sites is 1. The van der Waals surface area contributed by atoms with Gasteiger partial charge < -0.3 is 29.2 Å². The van der Waals surface area contributed by atoms with Crippen LogP contribution in [0.3, 0.4) is 0 Å². The average molecular weight is 712 g/mol. The first kappa shape index (κ1) is 46.2. The summed E-state index contributed by atoms with van der Waals surface area (Å²) in [5, 5.41) is 20.4. The molecule has 2 aromatic rings. The van der Waals surface area contributed by atoms with Crippen molar-refractivity contribution < 1.29 is 38.8 Å². The second-order valence-electron chi connectivity index (χ2n) is 16.0. The third kappa shape index (κ3) is 16.6. The molecule has 2 amide bonds. The molecule has 49 heavy (non-hydrogen) atoms. The Balaban J connectivity index is 0.000000723. The maximum absolute atomic E-state index is 11.9. The summed E-state index contributed by atoms with van der Waals surface area (Å²) in [5.41, 5.74) is -1.53.